The fourth-order valence-corrected chi connectivity index (χ4v) is 2.25. The predicted molar refractivity (Wildman–Crippen MR) is 90.2 cm³/mol. The number of rotatable bonds is 7. The summed E-state index contributed by atoms with van der Waals surface area (Å²) in [5, 5.41) is 3.76. The molecule has 0 aliphatic rings. The summed E-state index contributed by atoms with van der Waals surface area (Å²) in [6, 6.07) is 8.90. The Labute approximate surface area is 148 Å². The number of hydrogen-bond acceptors (Lipinski definition) is 4. The number of ether oxygens (including phenoxy) is 2. The molecule has 0 aliphatic heterocycles. The number of amides is 1. The van der Waals surface area contributed by atoms with E-state index in [-0.39, 0.29) is 11.5 Å². The molecule has 0 unspecified atom stereocenters. The van der Waals surface area contributed by atoms with Crippen LogP contribution in [0.15, 0.2) is 41.5 Å². The second kappa shape index (κ2) is 8.89. The van der Waals surface area contributed by atoms with Crippen LogP contribution in [0.3, 0.4) is 0 Å². The lowest BCUT2D eigenvalue weighted by Gasteiger charge is -2.11. The van der Waals surface area contributed by atoms with Crippen LogP contribution >= 0.6 is 0 Å². The van der Waals surface area contributed by atoms with E-state index in [1.165, 1.54) is 24.4 Å². The second-order valence-electron chi connectivity index (χ2n) is 5.37. The lowest BCUT2D eigenvalue weighted by atomic mass is 10.1. The van der Waals surface area contributed by atoms with E-state index < -0.39 is 24.9 Å². The van der Waals surface area contributed by atoms with Crippen LogP contribution < -0.4 is 14.9 Å². The molecule has 0 aromatic heterocycles. The van der Waals surface area contributed by atoms with Gasteiger partial charge in [0.05, 0.1) is 6.21 Å². The van der Waals surface area contributed by atoms with Gasteiger partial charge < -0.3 is 9.47 Å². The Bertz CT molecular complexity index is 787. The first-order chi connectivity index (χ1) is 12.4. The molecule has 8 heteroatoms. The van der Waals surface area contributed by atoms with Crippen molar-refractivity contribution in [1.29, 1.82) is 0 Å². The smallest absolute Gasteiger partial charge is 0.387 e. The van der Waals surface area contributed by atoms with Crippen LogP contribution in [0.1, 0.15) is 16.7 Å². The summed E-state index contributed by atoms with van der Waals surface area (Å²) in [5.74, 6) is -1.07. The molecular weight excluding hydrogens is 349 g/mol. The third-order valence-corrected chi connectivity index (χ3v) is 3.29. The molecule has 1 amide bonds. The number of nitrogens with zero attached hydrogens (tertiary/aromatic N) is 1. The molecule has 0 bridgehead atoms. The van der Waals surface area contributed by atoms with Crippen molar-refractivity contribution in [3.63, 3.8) is 0 Å². The zero-order valence-electron chi connectivity index (χ0n) is 14.1. The maximum atomic E-state index is 13.4. The van der Waals surface area contributed by atoms with Gasteiger partial charge in [-0.15, -0.1) is 0 Å². The molecule has 2 rings (SSSR count). The zero-order chi connectivity index (χ0) is 19.1. The van der Waals surface area contributed by atoms with Gasteiger partial charge in [-0.05, 0) is 54.8 Å². The average molecular weight is 366 g/mol. The summed E-state index contributed by atoms with van der Waals surface area (Å²) in [6.07, 6.45) is 1.35. The van der Waals surface area contributed by atoms with Crippen LogP contribution in [0.2, 0.25) is 0 Å². The lowest BCUT2D eigenvalue weighted by Crippen LogP contribution is -2.24. The Morgan fingerprint density at radius 2 is 1.88 bits per heavy atom. The Hall–Kier alpha value is -3.03. The normalized spacial score (nSPS) is 11.0. The SMILES string of the molecule is Cc1cc(/C=N\NC(=O)COc2ccccc2F)cc(C)c1OC(F)F. The Kier molecular flexibility index (Phi) is 6.60. The van der Waals surface area contributed by atoms with E-state index in [2.05, 4.69) is 15.3 Å². The minimum Gasteiger partial charge on any atom is -0.481 e. The molecule has 0 heterocycles. The fourth-order valence-electron chi connectivity index (χ4n) is 2.25. The number of aryl methyl sites for hydroxylation is 2. The Balaban J connectivity index is 1.91. The highest BCUT2D eigenvalue weighted by molar-refractivity contribution is 5.83. The predicted octanol–water partition coefficient (Wildman–Crippen LogP) is 3.57. The fraction of sp³-hybridized carbons (Fsp3) is 0.222. The van der Waals surface area contributed by atoms with Gasteiger partial charge in [0, 0.05) is 0 Å². The first-order valence-electron chi connectivity index (χ1n) is 7.62. The summed E-state index contributed by atoms with van der Waals surface area (Å²) >= 11 is 0. The molecule has 0 fully saturated rings. The number of hydrazone groups is 1. The molecule has 1 N–H and O–H groups in total. The molecule has 0 spiro atoms. The molecular formula is C18H17F3N2O3. The van der Waals surface area contributed by atoms with Crippen molar-refractivity contribution in [3.8, 4) is 11.5 Å². The molecule has 138 valence electrons. The van der Waals surface area contributed by atoms with E-state index in [1.807, 2.05) is 0 Å². The number of benzene rings is 2. The van der Waals surface area contributed by atoms with Gasteiger partial charge in [-0.2, -0.15) is 13.9 Å². The maximum absolute atomic E-state index is 13.4. The van der Waals surface area contributed by atoms with Gasteiger partial charge in [-0.3, -0.25) is 4.79 Å². The van der Waals surface area contributed by atoms with Crippen LogP contribution in [0.4, 0.5) is 13.2 Å². The highest BCUT2D eigenvalue weighted by Crippen LogP contribution is 2.25. The van der Waals surface area contributed by atoms with Crippen LogP contribution in [-0.2, 0) is 4.79 Å². The van der Waals surface area contributed by atoms with Crippen molar-refractivity contribution in [2.45, 2.75) is 20.5 Å². The highest BCUT2D eigenvalue weighted by atomic mass is 19.3. The molecule has 0 atom stereocenters. The van der Waals surface area contributed by atoms with Crippen molar-refractivity contribution in [2.24, 2.45) is 5.10 Å². The molecule has 0 aliphatic carbocycles. The van der Waals surface area contributed by atoms with Crippen molar-refractivity contribution in [1.82, 2.24) is 5.43 Å². The largest absolute Gasteiger partial charge is 0.481 e. The monoisotopic (exact) mass is 366 g/mol. The number of para-hydroxylation sites is 1. The standard InChI is InChI=1S/C18H17F3N2O3/c1-11-7-13(8-12(2)17(11)26-18(20)21)9-22-23-16(24)10-25-15-6-4-3-5-14(15)19/h3-9,18H,10H2,1-2H3,(H,23,24)/b22-9-. The summed E-state index contributed by atoms with van der Waals surface area (Å²) in [6.45, 7) is -0.0517. The second-order valence-corrected chi connectivity index (χ2v) is 5.37. The number of alkyl halides is 2. The first-order valence-corrected chi connectivity index (χ1v) is 7.62. The summed E-state index contributed by atoms with van der Waals surface area (Å²) in [7, 11) is 0. The highest BCUT2D eigenvalue weighted by Gasteiger charge is 2.11. The van der Waals surface area contributed by atoms with Gasteiger partial charge in [0.25, 0.3) is 5.91 Å². The first kappa shape index (κ1) is 19.3. The third-order valence-electron chi connectivity index (χ3n) is 3.29. The quantitative estimate of drug-likeness (QED) is 0.602. The van der Waals surface area contributed by atoms with E-state index >= 15 is 0 Å². The van der Waals surface area contributed by atoms with Crippen molar-refractivity contribution in [2.75, 3.05) is 6.61 Å². The molecule has 26 heavy (non-hydrogen) atoms. The van der Waals surface area contributed by atoms with Crippen molar-refractivity contribution < 1.29 is 27.4 Å². The van der Waals surface area contributed by atoms with Crippen molar-refractivity contribution in [3.05, 3.63) is 58.9 Å². The van der Waals surface area contributed by atoms with Crippen LogP contribution in [0, 0.1) is 19.7 Å². The van der Waals surface area contributed by atoms with E-state index in [0.717, 1.165) is 0 Å². The summed E-state index contributed by atoms with van der Waals surface area (Å²) in [4.78, 5) is 11.7. The van der Waals surface area contributed by atoms with Crippen molar-refractivity contribution >= 4 is 12.1 Å². The summed E-state index contributed by atoms with van der Waals surface area (Å²) < 4.78 is 47.6. The lowest BCUT2D eigenvalue weighted by molar-refractivity contribution is -0.123. The Morgan fingerprint density at radius 1 is 1.23 bits per heavy atom. The molecule has 2 aromatic rings. The topological polar surface area (TPSA) is 59.9 Å². The van der Waals surface area contributed by atoms with Gasteiger partial charge in [-0.25, -0.2) is 9.82 Å². The zero-order valence-corrected chi connectivity index (χ0v) is 14.1. The number of carbonyl (C=O) groups excluding carboxylic acids is 1. The molecule has 0 saturated carbocycles. The van der Waals surface area contributed by atoms with Gasteiger partial charge in [0.1, 0.15) is 5.75 Å². The maximum Gasteiger partial charge on any atom is 0.387 e. The minimum atomic E-state index is -2.90. The molecule has 0 saturated heterocycles. The third kappa shape index (κ3) is 5.51. The summed E-state index contributed by atoms with van der Waals surface area (Å²) in [5.41, 5.74) is 3.86. The van der Waals surface area contributed by atoms with Gasteiger partial charge in [0.15, 0.2) is 18.2 Å². The van der Waals surface area contributed by atoms with E-state index in [9.17, 15) is 18.0 Å². The average Bonchev–Trinajstić information content (AvgIpc) is 2.57. The van der Waals surface area contributed by atoms with Gasteiger partial charge >= 0.3 is 6.61 Å². The van der Waals surface area contributed by atoms with Crippen LogP contribution in [0.5, 0.6) is 11.5 Å². The van der Waals surface area contributed by atoms with E-state index in [0.29, 0.717) is 16.7 Å². The Morgan fingerprint density at radius 3 is 2.50 bits per heavy atom. The van der Waals surface area contributed by atoms with Crippen LogP contribution in [-0.4, -0.2) is 25.3 Å². The number of carbonyl (C=O) groups is 1. The van der Waals surface area contributed by atoms with Gasteiger partial charge in [0.2, 0.25) is 0 Å². The number of nitrogens with one attached hydrogen (secondary N) is 1. The number of halogens is 3. The molecule has 2 aromatic carbocycles. The minimum absolute atomic E-state index is 0.0347. The van der Waals surface area contributed by atoms with Gasteiger partial charge in [-0.1, -0.05) is 12.1 Å². The van der Waals surface area contributed by atoms with E-state index in [4.69, 9.17) is 4.74 Å². The molecule has 0 radical (unpaired) electrons. The van der Waals surface area contributed by atoms with Crippen LogP contribution in [0.25, 0.3) is 0 Å². The number of hydrogen-bond donors (Lipinski definition) is 1. The van der Waals surface area contributed by atoms with E-state index in [1.54, 1.807) is 32.0 Å². The molecule has 5 nitrogen and oxygen atoms in total.